The Balaban J connectivity index is 2.04. The van der Waals surface area contributed by atoms with Crippen molar-refractivity contribution in [1.29, 1.82) is 5.41 Å². The van der Waals surface area contributed by atoms with E-state index in [-0.39, 0.29) is 0 Å². The van der Waals surface area contributed by atoms with E-state index in [0.29, 0.717) is 31.3 Å². The minimum Gasteiger partial charge on any atom is -0.492 e. The first-order chi connectivity index (χ1) is 12.5. The highest BCUT2D eigenvalue weighted by molar-refractivity contribution is 6.22. The largest absolute Gasteiger partial charge is 0.492 e. The van der Waals surface area contributed by atoms with Gasteiger partial charge in [0.05, 0.1) is 42.6 Å². The number of hydrogen-bond donors (Lipinski definition) is 2. The van der Waals surface area contributed by atoms with E-state index in [2.05, 4.69) is 4.90 Å². The summed E-state index contributed by atoms with van der Waals surface area (Å²) in [5.74, 6) is 0.549. The van der Waals surface area contributed by atoms with Gasteiger partial charge in [-0.1, -0.05) is 0 Å². The predicted octanol–water partition coefficient (Wildman–Crippen LogP) is 3.13. The topological polar surface area (TPSA) is 83.9 Å². The second kappa shape index (κ2) is 7.74. The summed E-state index contributed by atoms with van der Waals surface area (Å²) in [6.45, 7) is 9.40. The normalized spacial score (nSPS) is 19.4. The summed E-state index contributed by atoms with van der Waals surface area (Å²) in [5.41, 5.74) is 11.9. The van der Waals surface area contributed by atoms with Crippen molar-refractivity contribution in [2.45, 2.75) is 20.8 Å². The van der Waals surface area contributed by atoms with E-state index >= 15 is 0 Å². The zero-order valence-corrected chi connectivity index (χ0v) is 15.6. The molecule has 26 heavy (non-hydrogen) atoms. The van der Waals surface area contributed by atoms with Crippen LogP contribution in [0.5, 0.6) is 0 Å². The molecule has 2 aliphatic rings. The number of hydrogen-bond acceptors (Lipinski definition) is 6. The van der Waals surface area contributed by atoms with E-state index in [1.54, 1.807) is 0 Å². The van der Waals surface area contributed by atoms with Gasteiger partial charge in [-0.3, -0.25) is 5.41 Å². The molecule has 0 aromatic heterocycles. The predicted molar refractivity (Wildman–Crippen MR) is 105 cm³/mol. The van der Waals surface area contributed by atoms with E-state index in [1.165, 1.54) is 0 Å². The second-order valence-electron chi connectivity index (χ2n) is 6.41. The molecule has 0 saturated carbocycles. The minimum atomic E-state index is 0.373. The van der Waals surface area contributed by atoms with Crippen LogP contribution in [0.15, 0.2) is 40.7 Å². The van der Waals surface area contributed by atoms with Crippen LogP contribution in [0.1, 0.15) is 18.1 Å². The van der Waals surface area contributed by atoms with Gasteiger partial charge in [-0.25, -0.2) is 4.99 Å². The molecule has 1 fully saturated rings. The van der Waals surface area contributed by atoms with Crippen LogP contribution in [0.4, 0.5) is 11.4 Å². The fraction of sp³-hybridized carbons (Fsp3) is 0.400. The van der Waals surface area contributed by atoms with Crippen LogP contribution in [0.2, 0.25) is 0 Å². The van der Waals surface area contributed by atoms with E-state index < -0.39 is 0 Å². The van der Waals surface area contributed by atoms with Gasteiger partial charge >= 0.3 is 0 Å². The lowest BCUT2D eigenvalue weighted by atomic mass is 10.0. The van der Waals surface area contributed by atoms with E-state index in [9.17, 15) is 0 Å². The van der Waals surface area contributed by atoms with Gasteiger partial charge in [0.2, 0.25) is 0 Å². The average Bonchev–Trinajstić information content (AvgIpc) is 2.65. The van der Waals surface area contributed by atoms with Crippen LogP contribution in [-0.2, 0) is 9.47 Å². The minimum absolute atomic E-state index is 0.373. The van der Waals surface area contributed by atoms with E-state index in [4.69, 9.17) is 25.6 Å². The van der Waals surface area contributed by atoms with Crippen molar-refractivity contribution < 1.29 is 9.47 Å². The molecule has 0 atom stereocenters. The smallest absolute Gasteiger partial charge is 0.146 e. The molecule has 1 aromatic rings. The lowest BCUT2D eigenvalue weighted by molar-refractivity contribution is 0.0565. The van der Waals surface area contributed by atoms with Gasteiger partial charge in [-0.15, -0.1) is 0 Å². The lowest BCUT2D eigenvalue weighted by Gasteiger charge is -2.32. The van der Waals surface area contributed by atoms with Gasteiger partial charge in [0.25, 0.3) is 0 Å². The number of nitrogens with one attached hydrogen (secondary N) is 1. The molecule has 0 radical (unpaired) electrons. The number of rotatable bonds is 4. The summed E-state index contributed by atoms with van der Waals surface area (Å²) < 4.78 is 11.1. The first-order valence-corrected chi connectivity index (χ1v) is 8.93. The number of nitrogens with zero attached hydrogens (tertiary/aromatic N) is 2. The van der Waals surface area contributed by atoms with Crippen molar-refractivity contribution in [2.24, 2.45) is 4.99 Å². The fourth-order valence-corrected chi connectivity index (χ4v) is 3.06. The van der Waals surface area contributed by atoms with Crippen molar-refractivity contribution >= 4 is 22.8 Å². The molecule has 6 nitrogen and oxygen atoms in total. The number of nitrogens with two attached hydrogens (primary N) is 1. The van der Waals surface area contributed by atoms with Gasteiger partial charge in [0, 0.05) is 24.9 Å². The Bertz CT molecular complexity index is 802. The van der Waals surface area contributed by atoms with Crippen molar-refractivity contribution in [3.8, 4) is 0 Å². The monoisotopic (exact) mass is 354 g/mol. The van der Waals surface area contributed by atoms with Crippen molar-refractivity contribution in [3.05, 3.63) is 46.9 Å². The second-order valence-corrected chi connectivity index (χ2v) is 6.41. The Hall–Kier alpha value is -2.60. The zero-order chi connectivity index (χ0) is 18.7. The fourth-order valence-electron chi connectivity index (χ4n) is 3.06. The molecule has 3 rings (SSSR count). The molecule has 1 aromatic carbocycles. The number of ether oxygens (including phenoxy) is 2. The van der Waals surface area contributed by atoms with Crippen LogP contribution in [-0.4, -0.2) is 49.2 Å². The quantitative estimate of drug-likeness (QED) is 0.643. The molecule has 138 valence electrons. The number of benzene rings is 1. The van der Waals surface area contributed by atoms with Gasteiger partial charge < -0.3 is 20.1 Å². The van der Waals surface area contributed by atoms with Crippen molar-refractivity contribution in [1.82, 2.24) is 4.90 Å². The summed E-state index contributed by atoms with van der Waals surface area (Å²) in [6.07, 6.45) is 3.70. The highest BCUT2D eigenvalue weighted by Crippen LogP contribution is 2.28. The Labute approximate surface area is 154 Å². The number of aliphatic imine (C=N–C) groups is 1. The number of nitrogen functional groups attached to an aromatic ring is 1. The number of morpholine rings is 1. The van der Waals surface area contributed by atoms with Crippen LogP contribution < -0.4 is 5.73 Å². The van der Waals surface area contributed by atoms with Crippen molar-refractivity contribution in [3.63, 3.8) is 0 Å². The molecule has 1 aliphatic carbocycles. The summed E-state index contributed by atoms with van der Waals surface area (Å²) in [5, 5.41) is 8.27. The SMILES string of the molecule is CCOC1=CC(=Nc2ccc(N)c(C)c2C)C(N2CCOCC2)=CC1=N. The molecule has 1 aliphatic heterocycles. The van der Waals surface area contributed by atoms with Gasteiger partial charge in [0.15, 0.2) is 0 Å². The van der Waals surface area contributed by atoms with Gasteiger partial charge in [0.1, 0.15) is 5.76 Å². The third-order valence-electron chi connectivity index (χ3n) is 4.77. The standard InChI is InChI=1S/C20H26N4O2/c1-4-26-20-12-18(23-17-6-5-15(21)13(2)14(17)3)19(11-16(20)22)24-7-9-25-10-8-24/h5-6,11-12,22H,4,7-10,21H2,1-3H3. The molecule has 0 amide bonds. The Morgan fingerprint density at radius 2 is 1.92 bits per heavy atom. The maximum Gasteiger partial charge on any atom is 0.146 e. The van der Waals surface area contributed by atoms with Crippen LogP contribution in [0.3, 0.4) is 0 Å². The molecule has 0 bridgehead atoms. The highest BCUT2D eigenvalue weighted by atomic mass is 16.5. The van der Waals surface area contributed by atoms with E-state index in [0.717, 1.165) is 47.0 Å². The van der Waals surface area contributed by atoms with Gasteiger partial charge in [-0.05, 0) is 50.1 Å². The van der Waals surface area contributed by atoms with Crippen molar-refractivity contribution in [2.75, 3.05) is 38.6 Å². The Kier molecular flexibility index (Phi) is 5.42. The zero-order valence-electron chi connectivity index (χ0n) is 15.6. The average molecular weight is 354 g/mol. The third-order valence-corrected chi connectivity index (χ3v) is 4.77. The molecule has 1 saturated heterocycles. The highest BCUT2D eigenvalue weighted by Gasteiger charge is 2.24. The first-order valence-electron chi connectivity index (χ1n) is 8.93. The van der Waals surface area contributed by atoms with Gasteiger partial charge in [-0.2, -0.15) is 0 Å². The number of allylic oxidation sites excluding steroid dienone is 2. The molecular formula is C20H26N4O2. The summed E-state index contributed by atoms with van der Waals surface area (Å²) >= 11 is 0. The maximum absolute atomic E-state index is 8.27. The summed E-state index contributed by atoms with van der Waals surface area (Å²) in [7, 11) is 0. The molecule has 0 spiro atoms. The number of anilines is 1. The van der Waals surface area contributed by atoms with Crippen LogP contribution >= 0.6 is 0 Å². The first kappa shape index (κ1) is 18.2. The lowest BCUT2D eigenvalue weighted by Crippen LogP contribution is -2.39. The van der Waals surface area contributed by atoms with Crippen LogP contribution in [0, 0.1) is 19.3 Å². The third kappa shape index (κ3) is 3.65. The molecular weight excluding hydrogens is 328 g/mol. The van der Waals surface area contributed by atoms with Crippen LogP contribution in [0.25, 0.3) is 0 Å². The summed E-state index contributed by atoms with van der Waals surface area (Å²) in [4.78, 5) is 7.12. The molecule has 1 heterocycles. The molecule has 3 N–H and O–H groups in total. The molecule has 6 heteroatoms. The summed E-state index contributed by atoms with van der Waals surface area (Å²) in [6, 6.07) is 3.83. The van der Waals surface area contributed by atoms with E-state index in [1.807, 2.05) is 45.1 Å². The molecule has 0 unspecified atom stereocenters. The Morgan fingerprint density at radius 3 is 2.62 bits per heavy atom. The Morgan fingerprint density at radius 1 is 1.19 bits per heavy atom. The maximum atomic E-state index is 8.27.